The average Bonchev–Trinajstić information content (AvgIpc) is 2.23. The van der Waals surface area contributed by atoms with Crippen molar-refractivity contribution in [3.63, 3.8) is 0 Å². The van der Waals surface area contributed by atoms with Crippen LogP contribution in [0.4, 0.5) is 0 Å². The van der Waals surface area contributed by atoms with Crippen LogP contribution in [0.5, 0.6) is 0 Å². The van der Waals surface area contributed by atoms with E-state index in [0.717, 1.165) is 11.0 Å². The largest absolute Gasteiger partial charge is 0.389 e. The molecule has 1 amide bonds. The molecule has 0 aromatic heterocycles. The number of nitrogens with zero attached hydrogens (tertiary/aromatic N) is 1. The summed E-state index contributed by atoms with van der Waals surface area (Å²) in [6.07, 6.45) is 0.0518. The zero-order valence-electron chi connectivity index (χ0n) is 10.8. The fraction of sp³-hybridized carbons (Fsp3) is 0.818. The van der Waals surface area contributed by atoms with Gasteiger partial charge >= 0.3 is 0 Å². The predicted octanol–water partition coefficient (Wildman–Crippen LogP) is -0.694. The van der Waals surface area contributed by atoms with Crippen molar-refractivity contribution in [1.29, 1.82) is 0 Å². The second kappa shape index (κ2) is 7.68. The molecule has 0 heterocycles. The molecule has 0 aromatic carbocycles. The molecule has 0 aromatic rings. The van der Waals surface area contributed by atoms with Gasteiger partial charge in [-0.1, -0.05) is 0 Å². The molecule has 17 heavy (non-hydrogen) atoms. The van der Waals surface area contributed by atoms with Crippen LogP contribution in [0.2, 0.25) is 0 Å². The van der Waals surface area contributed by atoms with Gasteiger partial charge in [0.05, 0.1) is 40.2 Å². The molecule has 0 aliphatic heterocycles. The fourth-order valence-corrected chi connectivity index (χ4v) is 1.53. The van der Waals surface area contributed by atoms with E-state index in [9.17, 15) is 9.59 Å². The first-order chi connectivity index (χ1) is 7.80. The number of amides is 1. The summed E-state index contributed by atoms with van der Waals surface area (Å²) in [5.41, 5.74) is 0. The van der Waals surface area contributed by atoms with Gasteiger partial charge in [0.15, 0.2) is 5.78 Å². The number of hydrogen-bond acceptors (Lipinski definition) is 4. The second-order valence-corrected chi connectivity index (χ2v) is 5.45. The minimum Gasteiger partial charge on any atom is -0.389 e. The number of rotatable bonds is 8. The Morgan fingerprint density at radius 1 is 1.35 bits per heavy atom. The van der Waals surface area contributed by atoms with Gasteiger partial charge in [-0.25, -0.2) is 0 Å². The lowest BCUT2D eigenvalue weighted by molar-refractivity contribution is -0.869. The zero-order chi connectivity index (χ0) is 13.5. The molecule has 1 atom stereocenters. The van der Waals surface area contributed by atoms with E-state index in [4.69, 9.17) is 5.11 Å². The molecule has 0 bridgehead atoms. The minimum absolute atomic E-state index is 0.0518. The highest BCUT2D eigenvalue weighted by molar-refractivity contribution is 7.80. The molecule has 0 aliphatic rings. The van der Waals surface area contributed by atoms with Gasteiger partial charge in [-0.2, -0.15) is 12.6 Å². The van der Waals surface area contributed by atoms with Gasteiger partial charge in [-0.05, 0) is 0 Å². The van der Waals surface area contributed by atoms with Crippen molar-refractivity contribution < 1.29 is 19.2 Å². The quantitative estimate of drug-likeness (QED) is 0.401. The van der Waals surface area contributed by atoms with Gasteiger partial charge < -0.3 is 14.9 Å². The number of carbonyl (C=O) groups is 2. The minimum atomic E-state index is -0.517. The van der Waals surface area contributed by atoms with Crippen LogP contribution in [0.1, 0.15) is 6.42 Å². The van der Waals surface area contributed by atoms with Crippen molar-refractivity contribution >= 4 is 24.3 Å². The van der Waals surface area contributed by atoms with E-state index in [2.05, 4.69) is 17.9 Å². The Hall–Kier alpha value is -0.590. The number of aliphatic hydroxyl groups excluding tert-OH is 1. The van der Waals surface area contributed by atoms with Crippen LogP contribution in [0.3, 0.4) is 0 Å². The first-order valence-electron chi connectivity index (χ1n) is 5.61. The summed E-state index contributed by atoms with van der Waals surface area (Å²) in [4.78, 5) is 22.8. The van der Waals surface area contributed by atoms with Crippen LogP contribution in [-0.2, 0) is 9.59 Å². The maximum Gasteiger partial charge on any atom is 0.224 e. The molecule has 0 aliphatic carbocycles. The van der Waals surface area contributed by atoms with Crippen molar-refractivity contribution in [1.82, 2.24) is 5.32 Å². The van der Waals surface area contributed by atoms with Crippen LogP contribution >= 0.6 is 12.6 Å². The molecule has 0 rings (SSSR count). The average molecular weight is 263 g/mol. The molecule has 0 fully saturated rings. The monoisotopic (exact) mass is 263 g/mol. The molecule has 0 unspecified atom stereocenters. The highest BCUT2D eigenvalue weighted by Gasteiger charge is 2.20. The van der Waals surface area contributed by atoms with Crippen molar-refractivity contribution in [2.75, 3.05) is 46.6 Å². The van der Waals surface area contributed by atoms with Gasteiger partial charge in [-0.3, -0.25) is 9.59 Å². The summed E-state index contributed by atoms with van der Waals surface area (Å²) in [7, 11) is 6.12. The Balaban J connectivity index is 4.05. The highest BCUT2D eigenvalue weighted by atomic mass is 32.1. The topological polar surface area (TPSA) is 66.4 Å². The Bertz CT molecular complexity index is 264. The lowest BCUT2D eigenvalue weighted by Crippen LogP contribution is -2.43. The molecule has 2 N–H and O–H groups in total. The lowest BCUT2D eigenvalue weighted by atomic mass is 10.0. The molecule has 0 saturated carbocycles. The number of carbonyl (C=O) groups excluding carboxylic acids is 2. The van der Waals surface area contributed by atoms with Crippen LogP contribution < -0.4 is 5.32 Å². The van der Waals surface area contributed by atoms with Crippen molar-refractivity contribution in [3.8, 4) is 0 Å². The molecule has 0 saturated heterocycles. The number of quaternary nitrogens is 1. The summed E-state index contributed by atoms with van der Waals surface area (Å²) in [6, 6.07) is 0. The zero-order valence-corrected chi connectivity index (χ0v) is 11.7. The van der Waals surface area contributed by atoms with Gasteiger partial charge in [0.2, 0.25) is 5.91 Å². The normalized spacial score (nSPS) is 13.2. The van der Waals surface area contributed by atoms with E-state index < -0.39 is 12.5 Å². The summed E-state index contributed by atoms with van der Waals surface area (Å²) in [5, 5.41) is 11.4. The number of nitrogens with one attached hydrogen (secondary N) is 1. The maximum absolute atomic E-state index is 11.7. The van der Waals surface area contributed by atoms with E-state index in [1.165, 1.54) is 0 Å². The Morgan fingerprint density at radius 2 is 1.94 bits per heavy atom. The summed E-state index contributed by atoms with van der Waals surface area (Å²) in [6.45, 7) is 0.870. The van der Waals surface area contributed by atoms with E-state index >= 15 is 0 Å². The number of aliphatic hydroxyl groups is 1. The highest BCUT2D eigenvalue weighted by Crippen LogP contribution is 2.06. The third-order valence-electron chi connectivity index (χ3n) is 2.32. The third-order valence-corrected chi connectivity index (χ3v) is 2.76. The molecule has 100 valence electrons. The Labute approximate surface area is 108 Å². The summed E-state index contributed by atoms with van der Waals surface area (Å²) < 4.78 is 0.765. The van der Waals surface area contributed by atoms with E-state index in [1.54, 1.807) is 0 Å². The van der Waals surface area contributed by atoms with E-state index in [-0.39, 0.29) is 18.1 Å². The number of ketones is 1. The smallest absolute Gasteiger partial charge is 0.224 e. The molecule has 0 radical (unpaired) electrons. The fourth-order valence-electron chi connectivity index (χ4n) is 1.24. The maximum atomic E-state index is 11.7. The SMILES string of the molecule is C[N+](C)(C)CCNC(=O)[C@H](CS)CC(=O)CO. The van der Waals surface area contributed by atoms with Crippen LogP contribution in [0, 0.1) is 5.92 Å². The standard InChI is InChI=1S/C11H22N2O3S/c1-13(2,3)5-4-12-11(16)9(8-17)6-10(15)7-14/h9,14H,4-8H2,1-3H3,(H-,12,16,17)/p+1/t9-/m0/s1. The van der Waals surface area contributed by atoms with E-state index in [0.29, 0.717) is 12.3 Å². The molecular formula is C11H23N2O3S+. The lowest BCUT2D eigenvalue weighted by Gasteiger charge is -2.24. The number of likely N-dealkylation sites (N-methyl/N-ethyl adjacent to an activating group) is 1. The molecule has 5 nitrogen and oxygen atoms in total. The molecule has 6 heteroatoms. The van der Waals surface area contributed by atoms with Gasteiger partial charge in [0, 0.05) is 12.2 Å². The first kappa shape index (κ1) is 16.4. The first-order valence-corrected chi connectivity index (χ1v) is 6.25. The van der Waals surface area contributed by atoms with Crippen molar-refractivity contribution in [2.24, 2.45) is 5.92 Å². The predicted molar refractivity (Wildman–Crippen MR) is 70.0 cm³/mol. The van der Waals surface area contributed by atoms with Crippen LogP contribution in [0.25, 0.3) is 0 Å². The van der Waals surface area contributed by atoms with Gasteiger partial charge in [-0.15, -0.1) is 0 Å². The Kier molecular flexibility index (Phi) is 7.41. The second-order valence-electron chi connectivity index (χ2n) is 5.09. The summed E-state index contributed by atoms with van der Waals surface area (Å²) in [5.74, 6) is -0.645. The van der Waals surface area contributed by atoms with Gasteiger partial charge in [0.1, 0.15) is 6.61 Å². The molecule has 0 spiro atoms. The summed E-state index contributed by atoms with van der Waals surface area (Å²) >= 11 is 4.05. The van der Waals surface area contributed by atoms with Gasteiger partial charge in [0.25, 0.3) is 0 Å². The van der Waals surface area contributed by atoms with Crippen LogP contribution in [0.15, 0.2) is 0 Å². The third kappa shape index (κ3) is 8.18. The van der Waals surface area contributed by atoms with Crippen LogP contribution in [-0.4, -0.2) is 67.9 Å². The van der Waals surface area contributed by atoms with E-state index in [1.807, 2.05) is 21.1 Å². The Morgan fingerprint density at radius 3 is 2.35 bits per heavy atom. The number of Topliss-reactive ketones (excluding diaryl/α,β-unsaturated/α-hetero) is 1. The van der Waals surface area contributed by atoms with Crippen molar-refractivity contribution in [2.45, 2.75) is 6.42 Å². The number of thiol groups is 1. The molecular weight excluding hydrogens is 240 g/mol. The number of hydrogen-bond donors (Lipinski definition) is 3. The van der Waals surface area contributed by atoms with Crippen molar-refractivity contribution in [3.05, 3.63) is 0 Å².